The summed E-state index contributed by atoms with van der Waals surface area (Å²) in [6.07, 6.45) is 8.47. The molecule has 23 heavy (non-hydrogen) atoms. The number of hydrogen-bond acceptors (Lipinski definition) is 4. The molecule has 0 bridgehead atoms. The number of nitrogens with zero attached hydrogens (tertiary/aromatic N) is 1. The number of methoxy groups -OCH3 is 2. The monoisotopic (exact) mass is 321 g/mol. The van der Waals surface area contributed by atoms with E-state index in [0.717, 1.165) is 24.2 Å². The van der Waals surface area contributed by atoms with Gasteiger partial charge in [-0.3, -0.25) is 10.1 Å². The molecule has 1 rings (SSSR count). The molecule has 0 N–H and O–H groups in total. The summed E-state index contributed by atoms with van der Waals surface area (Å²) in [7, 11) is 3.20. The minimum Gasteiger partial charge on any atom is -0.496 e. The molecule has 1 aromatic rings. The van der Waals surface area contributed by atoms with Gasteiger partial charge in [0.15, 0.2) is 0 Å². The average Bonchev–Trinajstić information content (AvgIpc) is 2.54. The Morgan fingerprint density at radius 2 is 1.78 bits per heavy atom. The number of nitro groups is 1. The summed E-state index contributed by atoms with van der Waals surface area (Å²) < 4.78 is 10.8. The van der Waals surface area contributed by atoms with Gasteiger partial charge in [0.1, 0.15) is 11.5 Å². The maximum atomic E-state index is 10.8. The van der Waals surface area contributed by atoms with Gasteiger partial charge < -0.3 is 9.47 Å². The molecule has 5 nitrogen and oxygen atoms in total. The van der Waals surface area contributed by atoms with Crippen LogP contribution in [0.2, 0.25) is 0 Å². The molecule has 0 saturated carbocycles. The molecule has 0 aliphatic heterocycles. The molecular formula is C18H27NO4. The zero-order chi connectivity index (χ0) is 17.2. The van der Waals surface area contributed by atoms with Crippen LogP contribution in [0, 0.1) is 10.1 Å². The third-order valence-corrected chi connectivity index (χ3v) is 3.83. The van der Waals surface area contributed by atoms with E-state index >= 15 is 0 Å². The number of benzene rings is 1. The van der Waals surface area contributed by atoms with Crippen molar-refractivity contribution in [2.24, 2.45) is 0 Å². The van der Waals surface area contributed by atoms with E-state index < -0.39 is 4.92 Å². The molecule has 0 aliphatic carbocycles. The van der Waals surface area contributed by atoms with E-state index in [0.29, 0.717) is 11.3 Å². The van der Waals surface area contributed by atoms with Crippen LogP contribution in [0.4, 0.5) is 0 Å². The Kier molecular flexibility index (Phi) is 8.16. The second-order valence-electron chi connectivity index (χ2n) is 5.61. The lowest BCUT2D eigenvalue weighted by Gasteiger charge is -2.13. The molecule has 0 amide bonds. The van der Waals surface area contributed by atoms with Crippen LogP contribution in [-0.4, -0.2) is 19.1 Å². The first-order valence-electron chi connectivity index (χ1n) is 8.11. The summed E-state index contributed by atoms with van der Waals surface area (Å²) in [4.78, 5) is 10.4. The van der Waals surface area contributed by atoms with Gasteiger partial charge in [0.2, 0.25) is 5.70 Å². The van der Waals surface area contributed by atoms with Gasteiger partial charge in [0, 0.05) is 18.6 Å². The third kappa shape index (κ3) is 5.93. The Morgan fingerprint density at radius 3 is 2.35 bits per heavy atom. The van der Waals surface area contributed by atoms with E-state index in [9.17, 15) is 10.1 Å². The zero-order valence-electron chi connectivity index (χ0n) is 14.6. The van der Waals surface area contributed by atoms with E-state index in [1.165, 1.54) is 38.7 Å². The Balaban J connectivity index is 2.96. The lowest BCUT2D eigenvalue weighted by molar-refractivity contribution is -0.422. The smallest absolute Gasteiger partial charge is 0.243 e. The van der Waals surface area contributed by atoms with Crippen molar-refractivity contribution in [2.75, 3.05) is 14.2 Å². The predicted octanol–water partition coefficient (Wildman–Crippen LogP) is 4.85. The third-order valence-electron chi connectivity index (χ3n) is 3.83. The van der Waals surface area contributed by atoms with E-state index in [2.05, 4.69) is 6.92 Å². The predicted molar refractivity (Wildman–Crippen MR) is 92.7 cm³/mol. The topological polar surface area (TPSA) is 61.6 Å². The van der Waals surface area contributed by atoms with E-state index in [-0.39, 0.29) is 5.70 Å². The Hall–Kier alpha value is -2.04. The first-order valence-corrected chi connectivity index (χ1v) is 8.11. The highest BCUT2D eigenvalue weighted by atomic mass is 16.6. The highest BCUT2D eigenvalue weighted by Gasteiger charge is 2.12. The molecule has 128 valence electrons. The molecule has 0 spiro atoms. The lowest BCUT2D eigenvalue weighted by Crippen LogP contribution is -1.98. The van der Waals surface area contributed by atoms with Gasteiger partial charge in [-0.2, -0.15) is 0 Å². The molecular weight excluding hydrogens is 294 g/mol. The normalized spacial score (nSPS) is 11.4. The van der Waals surface area contributed by atoms with Gasteiger partial charge in [0.25, 0.3) is 0 Å². The summed E-state index contributed by atoms with van der Waals surface area (Å²) in [5.74, 6) is 1.39. The van der Waals surface area contributed by atoms with E-state index in [1.54, 1.807) is 14.2 Å². The van der Waals surface area contributed by atoms with Gasteiger partial charge >= 0.3 is 0 Å². The lowest BCUT2D eigenvalue weighted by atomic mass is 10.0. The van der Waals surface area contributed by atoms with E-state index in [4.69, 9.17) is 9.47 Å². The first-order chi connectivity index (χ1) is 11.0. The van der Waals surface area contributed by atoms with Gasteiger partial charge in [0.05, 0.1) is 19.1 Å². The number of aryl methyl sites for hydroxylation is 1. The second-order valence-corrected chi connectivity index (χ2v) is 5.61. The molecule has 0 atom stereocenters. The molecule has 0 fully saturated rings. The van der Waals surface area contributed by atoms with Crippen molar-refractivity contribution in [3.63, 3.8) is 0 Å². The number of hydrogen-bond donors (Lipinski definition) is 0. The standard InChI is InChI=1S/C18H27NO4/c1-5-6-7-8-9-10-15-12-18(23-4)16(13-17(15)22-3)11-14(2)19(20)21/h11-13H,5-10H2,1-4H3. The minimum atomic E-state index is -0.409. The fourth-order valence-electron chi connectivity index (χ4n) is 2.49. The van der Waals surface area contributed by atoms with Crippen molar-refractivity contribution in [3.8, 4) is 11.5 Å². The quantitative estimate of drug-likeness (QED) is 0.351. The molecule has 0 aromatic heterocycles. The van der Waals surface area contributed by atoms with Crippen LogP contribution in [0.3, 0.4) is 0 Å². The Labute approximate surface area is 138 Å². The molecule has 0 radical (unpaired) electrons. The van der Waals surface area contributed by atoms with Crippen LogP contribution in [-0.2, 0) is 6.42 Å². The Morgan fingerprint density at radius 1 is 1.13 bits per heavy atom. The molecule has 0 aliphatic rings. The SMILES string of the molecule is CCCCCCCc1cc(OC)c(C=C(C)[N+](=O)[O-])cc1OC. The highest BCUT2D eigenvalue weighted by molar-refractivity contribution is 5.62. The van der Waals surface area contributed by atoms with Gasteiger partial charge in [-0.25, -0.2) is 0 Å². The van der Waals surface area contributed by atoms with Gasteiger partial charge in [-0.1, -0.05) is 32.6 Å². The van der Waals surface area contributed by atoms with Crippen molar-refractivity contribution in [3.05, 3.63) is 39.1 Å². The fraction of sp³-hybridized carbons (Fsp3) is 0.556. The van der Waals surface area contributed by atoms with Gasteiger partial charge in [-0.15, -0.1) is 0 Å². The van der Waals surface area contributed by atoms with Crippen LogP contribution in [0.5, 0.6) is 11.5 Å². The molecule has 0 unspecified atom stereocenters. The summed E-state index contributed by atoms with van der Waals surface area (Å²) >= 11 is 0. The minimum absolute atomic E-state index is 0.0673. The molecule has 0 heterocycles. The van der Waals surface area contributed by atoms with Crippen LogP contribution < -0.4 is 9.47 Å². The Bertz CT molecular complexity index is 552. The second kappa shape index (κ2) is 9.87. The molecule has 5 heteroatoms. The van der Waals surface area contributed by atoms with Crippen LogP contribution in [0.25, 0.3) is 6.08 Å². The maximum Gasteiger partial charge on any atom is 0.243 e. The molecule has 1 aromatic carbocycles. The highest BCUT2D eigenvalue weighted by Crippen LogP contribution is 2.31. The zero-order valence-corrected chi connectivity index (χ0v) is 14.6. The van der Waals surface area contributed by atoms with Crippen molar-refractivity contribution in [2.45, 2.75) is 52.4 Å². The number of allylic oxidation sites excluding steroid dienone is 1. The fourth-order valence-corrected chi connectivity index (χ4v) is 2.49. The maximum absolute atomic E-state index is 10.8. The van der Waals surface area contributed by atoms with Crippen molar-refractivity contribution in [1.82, 2.24) is 0 Å². The van der Waals surface area contributed by atoms with Crippen LogP contribution in [0.1, 0.15) is 57.1 Å². The number of rotatable bonds is 10. The summed E-state index contributed by atoms with van der Waals surface area (Å²) in [6.45, 7) is 3.67. The van der Waals surface area contributed by atoms with Crippen molar-refractivity contribution < 1.29 is 14.4 Å². The number of unbranched alkanes of at least 4 members (excludes halogenated alkanes) is 4. The van der Waals surface area contributed by atoms with Crippen LogP contribution >= 0.6 is 0 Å². The van der Waals surface area contributed by atoms with Crippen molar-refractivity contribution >= 4 is 6.08 Å². The van der Waals surface area contributed by atoms with Gasteiger partial charge in [-0.05, 0) is 30.5 Å². The average molecular weight is 321 g/mol. The summed E-state index contributed by atoms with van der Waals surface area (Å²) in [6, 6.07) is 3.74. The molecule has 0 saturated heterocycles. The largest absolute Gasteiger partial charge is 0.496 e. The van der Waals surface area contributed by atoms with E-state index in [1.807, 2.05) is 12.1 Å². The van der Waals surface area contributed by atoms with Crippen molar-refractivity contribution in [1.29, 1.82) is 0 Å². The van der Waals surface area contributed by atoms with Crippen LogP contribution in [0.15, 0.2) is 17.8 Å². The summed E-state index contributed by atoms with van der Waals surface area (Å²) in [5.41, 5.74) is 1.81. The first kappa shape index (κ1) is 19.0. The number of ether oxygens (including phenoxy) is 2. The summed E-state index contributed by atoms with van der Waals surface area (Å²) in [5, 5.41) is 10.8.